The number of aliphatic hydroxyl groups excluding tert-OH is 2. The van der Waals surface area contributed by atoms with Crippen molar-refractivity contribution in [2.24, 2.45) is 0 Å². The lowest BCUT2D eigenvalue weighted by atomic mass is 10.1. The highest BCUT2D eigenvalue weighted by molar-refractivity contribution is 5.66. The Morgan fingerprint density at radius 3 is 0.958 bits per heavy atom. The molecule has 0 spiro atoms. The van der Waals surface area contributed by atoms with Crippen LogP contribution >= 0.6 is 0 Å². The molecule has 24 heavy (non-hydrogen) atoms. The average Bonchev–Trinajstić information content (AvgIpc) is 2.53. The summed E-state index contributed by atoms with van der Waals surface area (Å²) in [7, 11) is 0. The van der Waals surface area contributed by atoms with Gasteiger partial charge in [0.1, 0.15) is 0 Å². The van der Waals surface area contributed by atoms with E-state index in [-0.39, 0.29) is 13.2 Å². The fourth-order valence-electron chi connectivity index (χ4n) is 2.19. The van der Waals surface area contributed by atoms with Crippen LogP contribution in [0.3, 0.4) is 0 Å². The van der Waals surface area contributed by atoms with Crippen LogP contribution in [-0.4, -0.2) is 45.6 Å². The Kier molecular flexibility index (Phi) is 22.9. The van der Waals surface area contributed by atoms with Crippen molar-refractivity contribution in [3.63, 3.8) is 0 Å². The molecule has 0 amide bonds. The molecule has 0 aliphatic rings. The van der Waals surface area contributed by atoms with Gasteiger partial charge in [0, 0.05) is 26.1 Å². The van der Waals surface area contributed by atoms with Crippen LogP contribution in [0.25, 0.3) is 0 Å². The lowest BCUT2D eigenvalue weighted by Crippen LogP contribution is -1.93. The Bertz CT molecular complexity index is 253. The SMILES string of the molecule is O=C(O)CCCCCCCCO.O=C(O)CCCCCCCCO. The van der Waals surface area contributed by atoms with Crippen molar-refractivity contribution in [1.82, 2.24) is 0 Å². The maximum absolute atomic E-state index is 10.1. The van der Waals surface area contributed by atoms with Crippen molar-refractivity contribution in [2.45, 2.75) is 89.9 Å². The maximum Gasteiger partial charge on any atom is 0.303 e. The minimum atomic E-state index is -0.703. The predicted molar refractivity (Wildman–Crippen MR) is 94.1 cm³/mol. The number of rotatable bonds is 16. The quantitative estimate of drug-likeness (QED) is 0.317. The van der Waals surface area contributed by atoms with E-state index in [9.17, 15) is 9.59 Å². The number of carboxylic acid groups (broad SMARTS) is 2. The summed E-state index contributed by atoms with van der Waals surface area (Å²) in [5.41, 5.74) is 0. The molecule has 0 aliphatic heterocycles. The zero-order valence-corrected chi connectivity index (χ0v) is 14.9. The average molecular weight is 348 g/mol. The van der Waals surface area contributed by atoms with E-state index >= 15 is 0 Å². The first-order chi connectivity index (χ1) is 11.5. The van der Waals surface area contributed by atoms with E-state index in [1.54, 1.807) is 0 Å². The zero-order valence-electron chi connectivity index (χ0n) is 14.9. The minimum Gasteiger partial charge on any atom is -0.481 e. The van der Waals surface area contributed by atoms with E-state index in [2.05, 4.69) is 0 Å². The van der Waals surface area contributed by atoms with Crippen molar-refractivity contribution in [1.29, 1.82) is 0 Å². The third kappa shape index (κ3) is 28.9. The molecule has 0 saturated heterocycles. The first-order valence-electron chi connectivity index (χ1n) is 9.20. The summed E-state index contributed by atoms with van der Waals surface area (Å²) in [6, 6.07) is 0. The standard InChI is InChI=1S/2C9H18O3/c2*10-8-6-4-2-1-3-5-7-9(11)12/h2*10H,1-8H2,(H,11,12). The predicted octanol–water partition coefficient (Wildman–Crippen LogP) is 3.59. The van der Waals surface area contributed by atoms with Crippen LogP contribution < -0.4 is 0 Å². The second-order valence-electron chi connectivity index (χ2n) is 5.98. The van der Waals surface area contributed by atoms with Crippen molar-refractivity contribution in [3.8, 4) is 0 Å². The third-order valence-electron chi connectivity index (χ3n) is 3.60. The highest BCUT2D eigenvalue weighted by Gasteiger charge is 1.96. The van der Waals surface area contributed by atoms with E-state index in [1.165, 1.54) is 0 Å². The summed E-state index contributed by atoms with van der Waals surface area (Å²) in [5.74, 6) is -1.41. The van der Waals surface area contributed by atoms with E-state index in [0.717, 1.165) is 77.0 Å². The smallest absolute Gasteiger partial charge is 0.303 e. The van der Waals surface area contributed by atoms with Gasteiger partial charge < -0.3 is 20.4 Å². The molecule has 0 rings (SSSR count). The molecule has 0 bridgehead atoms. The van der Waals surface area contributed by atoms with Crippen molar-refractivity contribution in [3.05, 3.63) is 0 Å². The Morgan fingerprint density at radius 2 is 0.708 bits per heavy atom. The fraction of sp³-hybridized carbons (Fsp3) is 0.889. The zero-order chi connectivity index (χ0) is 18.5. The summed E-state index contributed by atoms with van der Waals surface area (Å²) in [6.07, 6.45) is 12.4. The van der Waals surface area contributed by atoms with Crippen LogP contribution in [0.1, 0.15) is 89.9 Å². The topological polar surface area (TPSA) is 115 Å². The van der Waals surface area contributed by atoms with Gasteiger partial charge in [-0.15, -0.1) is 0 Å². The summed E-state index contributed by atoms with van der Waals surface area (Å²) in [5, 5.41) is 33.6. The van der Waals surface area contributed by atoms with Crippen LogP contribution in [0, 0.1) is 0 Å². The molecule has 4 N–H and O–H groups in total. The van der Waals surface area contributed by atoms with E-state index in [1.807, 2.05) is 0 Å². The molecular weight excluding hydrogens is 312 g/mol. The van der Waals surface area contributed by atoms with Gasteiger partial charge in [0.2, 0.25) is 0 Å². The van der Waals surface area contributed by atoms with Crippen LogP contribution in [0.4, 0.5) is 0 Å². The van der Waals surface area contributed by atoms with E-state index < -0.39 is 11.9 Å². The summed E-state index contributed by atoms with van der Waals surface area (Å²) < 4.78 is 0. The minimum absolute atomic E-state index is 0.273. The van der Waals surface area contributed by atoms with Crippen molar-refractivity contribution >= 4 is 11.9 Å². The number of carboxylic acids is 2. The number of aliphatic hydroxyl groups is 2. The number of carbonyl (C=O) groups is 2. The molecule has 0 saturated carbocycles. The van der Waals surface area contributed by atoms with Gasteiger partial charge in [-0.2, -0.15) is 0 Å². The van der Waals surface area contributed by atoms with Gasteiger partial charge in [0.15, 0.2) is 0 Å². The Hall–Kier alpha value is -1.14. The monoisotopic (exact) mass is 348 g/mol. The van der Waals surface area contributed by atoms with E-state index in [0.29, 0.717) is 12.8 Å². The molecule has 144 valence electrons. The number of aliphatic carboxylic acids is 2. The molecule has 0 aromatic heterocycles. The first-order valence-corrected chi connectivity index (χ1v) is 9.20. The molecule has 0 atom stereocenters. The van der Waals surface area contributed by atoms with Gasteiger partial charge in [-0.25, -0.2) is 0 Å². The Labute approximate surface area is 145 Å². The molecular formula is C18H36O6. The van der Waals surface area contributed by atoms with Crippen LogP contribution in [0.5, 0.6) is 0 Å². The van der Waals surface area contributed by atoms with Gasteiger partial charge in [-0.1, -0.05) is 51.4 Å². The molecule has 0 aromatic carbocycles. The summed E-state index contributed by atoms with van der Waals surface area (Å²) >= 11 is 0. The largest absolute Gasteiger partial charge is 0.481 e. The Morgan fingerprint density at radius 1 is 0.458 bits per heavy atom. The molecule has 0 heterocycles. The molecule has 6 heteroatoms. The van der Waals surface area contributed by atoms with Crippen molar-refractivity contribution in [2.75, 3.05) is 13.2 Å². The summed E-state index contributed by atoms with van der Waals surface area (Å²) in [4.78, 5) is 20.2. The normalized spacial score (nSPS) is 10.1. The number of hydrogen-bond acceptors (Lipinski definition) is 4. The van der Waals surface area contributed by atoms with Gasteiger partial charge in [-0.05, 0) is 25.7 Å². The lowest BCUT2D eigenvalue weighted by molar-refractivity contribution is -0.138. The Balaban J connectivity index is 0. The highest BCUT2D eigenvalue weighted by atomic mass is 16.4. The van der Waals surface area contributed by atoms with Gasteiger partial charge >= 0.3 is 11.9 Å². The van der Waals surface area contributed by atoms with Crippen molar-refractivity contribution < 1.29 is 30.0 Å². The fourth-order valence-corrected chi connectivity index (χ4v) is 2.19. The van der Waals surface area contributed by atoms with E-state index in [4.69, 9.17) is 20.4 Å². The van der Waals surface area contributed by atoms with Gasteiger partial charge in [0.05, 0.1) is 0 Å². The molecule has 0 aromatic rings. The molecule has 0 radical (unpaired) electrons. The van der Waals surface area contributed by atoms with Crippen LogP contribution in [0.15, 0.2) is 0 Å². The molecule has 0 aliphatic carbocycles. The van der Waals surface area contributed by atoms with Gasteiger partial charge in [0.25, 0.3) is 0 Å². The first kappa shape index (κ1) is 25.1. The lowest BCUT2D eigenvalue weighted by Gasteiger charge is -1.98. The third-order valence-corrected chi connectivity index (χ3v) is 3.60. The van der Waals surface area contributed by atoms with Gasteiger partial charge in [-0.3, -0.25) is 9.59 Å². The molecule has 0 fully saturated rings. The second-order valence-corrected chi connectivity index (χ2v) is 5.98. The molecule has 6 nitrogen and oxygen atoms in total. The second kappa shape index (κ2) is 21.9. The van der Waals surface area contributed by atoms with Crippen LogP contribution in [0.2, 0.25) is 0 Å². The number of unbranched alkanes of at least 4 members (excludes halogenated alkanes) is 10. The highest BCUT2D eigenvalue weighted by Crippen LogP contribution is 2.07. The maximum atomic E-state index is 10.1. The number of hydrogen-bond donors (Lipinski definition) is 4. The van der Waals surface area contributed by atoms with Crippen LogP contribution in [-0.2, 0) is 9.59 Å². The summed E-state index contributed by atoms with van der Waals surface area (Å²) in [6.45, 7) is 0.546. The molecule has 0 unspecified atom stereocenters.